The van der Waals surface area contributed by atoms with Crippen LogP contribution in [0, 0.1) is 0 Å². The Labute approximate surface area is 121 Å². The summed E-state index contributed by atoms with van der Waals surface area (Å²) in [5.74, 6) is -2.17. The van der Waals surface area contributed by atoms with Gasteiger partial charge >= 0.3 is 5.97 Å². The molecule has 2 saturated carbocycles. The summed E-state index contributed by atoms with van der Waals surface area (Å²) in [5.41, 5.74) is 0.0406. The number of ether oxygens (including phenoxy) is 2. The molecule has 0 aromatic rings. The molecule has 4 nitrogen and oxygen atoms in total. The van der Waals surface area contributed by atoms with Crippen LogP contribution in [0.3, 0.4) is 0 Å². The van der Waals surface area contributed by atoms with Gasteiger partial charge in [0.15, 0.2) is 0 Å². The van der Waals surface area contributed by atoms with E-state index in [1.54, 1.807) is 0 Å². The Bertz CT molecular complexity index is 333. The number of hydrogen-bond acceptors (Lipinski definition) is 3. The molecule has 0 amide bonds. The summed E-state index contributed by atoms with van der Waals surface area (Å²) in [6.07, 6.45) is 9.24. The first-order chi connectivity index (χ1) is 9.57. The van der Waals surface area contributed by atoms with E-state index in [-0.39, 0.29) is 17.8 Å². The summed E-state index contributed by atoms with van der Waals surface area (Å²) in [6.45, 7) is 5.65. The van der Waals surface area contributed by atoms with Crippen LogP contribution in [-0.2, 0) is 14.3 Å². The Hall–Kier alpha value is -0.870. The Morgan fingerprint density at radius 3 is 1.80 bits per heavy atom. The van der Waals surface area contributed by atoms with Gasteiger partial charge in [-0.15, -0.1) is 0 Å². The molecule has 0 atom stereocenters. The molecule has 2 aliphatic carbocycles. The fourth-order valence-electron chi connectivity index (χ4n) is 3.26. The van der Waals surface area contributed by atoms with Crippen molar-refractivity contribution in [3.05, 3.63) is 12.2 Å². The Kier molecular flexibility index (Phi) is 5.22. The third-order valence-corrected chi connectivity index (χ3v) is 4.50. The average molecular weight is 282 g/mol. The number of rotatable bonds is 7. The highest BCUT2D eigenvalue weighted by Crippen LogP contribution is 2.37. The molecule has 0 heterocycles. The van der Waals surface area contributed by atoms with Crippen molar-refractivity contribution in [2.75, 3.05) is 0 Å². The minimum absolute atomic E-state index is 0.0406. The number of carboxylic acids is 1. The van der Waals surface area contributed by atoms with Gasteiger partial charge in [0.05, 0.1) is 17.8 Å². The van der Waals surface area contributed by atoms with Crippen molar-refractivity contribution < 1.29 is 19.4 Å². The van der Waals surface area contributed by atoms with E-state index in [1.165, 1.54) is 0 Å². The lowest BCUT2D eigenvalue weighted by atomic mass is 10.0. The van der Waals surface area contributed by atoms with E-state index < -0.39 is 11.8 Å². The summed E-state index contributed by atoms with van der Waals surface area (Å²) in [6, 6.07) is 0. The lowest BCUT2D eigenvalue weighted by Gasteiger charge is -2.37. The van der Waals surface area contributed by atoms with Crippen LogP contribution in [0.1, 0.15) is 64.7 Å². The van der Waals surface area contributed by atoms with Gasteiger partial charge in [-0.1, -0.05) is 39.2 Å². The van der Waals surface area contributed by atoms with E-state index >= 15 is 0 Å². The van der Waals surface area contributed by atoms with Crippen LogP contribution < -0.4 is 0 Å². The third-order valence-electron chi connectivity index (χ3n) is 4.50. The standard InChI is InChI=1S/C16H26O4/c1-3-16(12(2)15(17)18,19-13-8-4-5-9-13)20-14-10-6-7-11-14/h13-14H,2-11H2,1H3,(H,17,18). The van der Waals surface area contributed by atoms with Crippen LogP contribution in [0.2, 0.25) is 0 Å². The number of carboxylic acid groups (broad SMARTS) is 1. The molecule has 20 heavy (non-hydrogen) atoms. The van der Waals surface area contributed by atoms with Gasteiger partial charge in [0.2, 0.25) is 5.79 Å². The van der Waals surface area contributed by atoms with E-state index in [2.05, 4.69) is 6.58 Å². The quantitative estimate of drug-likeness (QED) is 0.572. The molecule has 1 N–H and O–H groups in total. The smallest absolute Gasteiger partial charge is 0.336 e. The van der Waals surface area contributed by atoms with Crippen molar-refractivity contribution in [1.82, 2.24) is 0 Å². The van der Waals surface area contributed by atoms with Crippen LogP contribution in [0.25, 0.3) is 0 Å². The molecule has 0 aromatic carbocycles. The number of hydrogen-bond donors (Lipinski definition) is 1. The summed E-state index contributed by atoms with van der Waals surface area (Å²) in [7, 11) is 0. The minimum atomic E-state index is -1.14. The highest BCUT2D eigenvalue weighted by molar-refractivity contribution is 5.87. The highest BCUT2D eigenvalue weighted by atomic mass is 16.7. The van der Waals surface area contributed by atoms with Crippen LogP contribution >= 0.6 is 0 Å². The normalized spacial score (nSPS) is 21.4. The van der Waals surface area contributed by atoms with Crippen LogP contribution in [0.5, 0.6) is 0 Å². The molecular weight excluding hydrogens is 256 g/mol. The predicted octanol–water partition coefficient (Wildman–Crippen LogP) is 3.65. The zero-order valence-corrected chi connectivity index (χ0v) is 12.4. The lowest BCUT2D eigenvalue weighted by molar-refractivity contribution is -0.256. The summed E-state index contributed by atoms with van der Waals surface area (Å²) < 4.78 is 12.3. The first kappa shape index (κ1) is 15.5. The first-order valence-corrected chi connectivity index (χ1v) is 7.85. The largest absolute Gasteiger partial charge is 0.478 e. The predicted molar refractivity (Wildman–Crippen MR) is 76.5 cm³/mol. The van der Waals surface area contributed by atoms with Gasteiger partial charge in [-0.3, -0.25) is 0 Å². The second-order valence-electron chi connectivity index (χ2n) is 5.94. The Morgan fingerprint density at radius 2 is 1.50 bits per heavy atom. The molecule has 0 aliphatic heterocycles. The van der Waals surface area contributed by atoms with E-state index in [0.29, 0.717) is 6.42 Å². The van der Waals surface area contributed by atoms with E-state index in [0.717, 1.165) is 51.4 Å². The Morgan fingerprint density at radius 1 is 1.10 bits per heavy atom. The Balaban J connectivity index is 2.13. The van der Waals surface area contributed by atoms with Crippen LogP contribution in [0.4, 0.5) is 0 Å². The lowest BCUT2D eigenvalue weighted by Crippen LogP contribution is -2.44. The zero-order chi connectivity index (χ0) is 14.6. The molecule has 2 fully saturated rings. The molecular formula is C16H26O4. The van der Waals surface area contributed by atoms with Gasteiger partial charge in [-0.05, 0) is 25.7 Å². The topological polar surface area (TPSA) is 55.8 Å². The minimum Gasteiger partial charge on any atom is -0.478 e. The van der Waals surface area contributed by atoms with Gasteiger partial charge in [0, 0.05) is 6.42 Å². The van der Waals surface area contributed by atoms with Crippen molar-refractivity contribution in [3.63, 3.8) is 0 Å². The molecule has 2 aliphatic rings. The molecule has 0 saturated heterocycles. The van der Waals surface area contributed by atoms with Gasteiger partial charge in [0.25, 0.3) is 0 Å². The fraction of sp³-hybridized carbons (Fsp3) is 0.812. The van der Waals surface area contributed by atoms with Gasteiger partial charge in [-0.25, -0.2) is 4.79 Å². The molecule has 0 spiro atoms. The second-order valence-corrected chi connectivity index (χ2v) is 5.94. The van der Waals surface area contributed by atoms with Gasteiger partial charge in [0.1, 0.15) is 0 Å². The van der Waals surface area contributed by atoms with E-state index in [4.69, 9.17) is 9.47 Å². The third kappa shape index (κ3) is 3.41. The average Bonchev–Trinajstić information content (AvgIpc) is 3.10. The SMILES string of the molecule is C=C(C(=O)O)C(CC)(OC1CCCC1)OC1CCCC1. The maximum Gasteiger partial charge on any atom is 0.336 e. The van der Waals surface area contributed by atoms with Gasteiger partial charge in [-0.2, -0.15) is 0 Å². The zero-order valence-electron chi connectivity index (χ0n) is 12.4. The van der Waals surface area contributed by atoms with Crippen molar-refractivity contribution in [2.24, 2.45) is 0 Å². The van der Waals surface area contributed by atoms with Crippen molar-refractivity contribution in [2.45, 2.75) is 82.7 Å². The maximum atomic E-state index is 11.4. The number of aliphatic carboxylic acids is 1. The molecule has 0 radical (unpaired) electrons. The summed E-state index contributed by atoms with van der Waals surface area (Å²) >= 11 is 0. The summed E-state index contributed by atoms with van der Waals surface area (Å²) in [4.78, 5) is 11.4. The molecule has 0 unspecified atom stereocenters. The van der Waals surface area contributed by atoms with Gasteiger partial charge < -0.3 is 14.6 Å². The van der Waals surface area contributed by atoms with Crippen LogP contribution in [0.15, 0.2) is 12.2 Å². The summed E-state index contributed by atoms with van der Waals surface area (Å²) in [5, 5.41) is 9.34. The first-order valence-electron chi connectivity index (χ1n) is 7.85. The molecule has 0 aromatic heterocycles. The second kappa shape index (κ2) is 6.72. The molecule has 2 rings (SSSR count). The van der Waals surface area contributed by atoms with Crippen LogP contribution in [-0.4, -0.2) is 29.1 Å². The maximum absolute atomic E-state index is 11.4. The molecule has 0 bridgehead atoms. The highest BCUT2D eigenvalue weighted by Gasteiger charge is 2.42. The van der Waals surface area contributed by atoms with E-state index in [1.807, 2.05) is 6.92 Å². The number of carbonyl (C=O) groups is 1. The van der Waals surface area contributed by atoms with Crippen molar-refractivity contribution in [1.29, 1.82) is 0 Å². The van der Waals surface area contributed by atoms with E-state index in [9.17, 15) is 9.90 Å². The van der Waals surface area contributed by atoms with Crippen molar-refractivity contribution in [3.8, 4) is 0 Å². The molecule has 114 valence electrons. The fourth-order valence-corrected chi connectivity index (χ4v) is 3.26. The molecule has 4 heteroatoms. The monoisotopic (exact) mass is 282 g/mol. The van der Waals surface area contributed by atoms with Crippen molar-refractivity contribution >= 4 is 5.97 Å².